The fourth-order valence-corrected chi connectivity index (χ4v) is 3.37. The minimum Gasteiger partial charge on any atom is -0.372 e. The molecule has 4 unspecified atom stereocenters. The minimum absolute atomic E-state index is 0.140. The van der Waals surface area contributed by atoms with Crippen LogP contribution < -0.4 is 5.73 Å². The highest BCUT2D eigenvalue weighted by molar-refractivity contribution is 5.78. The van der Waals surface area contributed by atoms with Crippen molar-refractivity contribution in [1.82, 2.24) is 9.80 Å². The summed E-state index contributed by atoms with van der Waals surface area (Å²) >= 11 is 0. The van der Waals surface area contributed by atoms with E-state index in [1.54, 1.807) is 0 Å². The van der Waals surface area contributed by atoms with Crippen molar-refractivity contribution in [1.29, 1.82) is 0 Å². The van der Waals surface area contributed by atoms with Gasteiger partial charge in [0.15, 0.2) is 0 Å². The second-order valence-corrected chi connectivity index (χ2v) is 6.41. The third kappa shape index (κ3) is 3.93. The van der Waals surface area contributed by atoms with Crippen molar-refractivity contribution in [2.45, 2.75) is 51.9 Å². The van der Waals surface area contributed by atoms with Gasteiger partial charge >= 0.3 is 0 Å². The molecule has 0 radical (unpaired) electrons. The smallest absolute Gasteiger partial charge is 0.236 e. The molecule has 0 bridgehead atoms. The van der Waals surface area contributed by atoms with E-state index >= 15 is 0 Å². The molecule has 20 heavy (non-hydrogen) atoms. The average molecular weight is 283 g/mol. The Hall–Kier alpha value is -0.650. The number of carbonyl (C=O) groups is 1. The van der Waals surface area contributed by atoms with E-state index in [-0.39, 0.29) is 18.1 Å². The van der Waals surface area contributed by atoms with Crippen LogP contribution in [-0.4, -0.2) is 66.7 Å². The molecule has 2 N–H and O–H groups in total. The number of hydrogen-bond donors (Lipinski definition) is 1. The molecule has 0 aromatic carbocycles. The van der Waals surface area contributed by atoms with Crippen LogP contribution in [0.3, 0.4) is 0 Å². The van der Waals surface area contributed by atoms with Crippen molar-refractivity contribution in [3.05, 3.63) is 0 Å². The van der Waals surface area contributed by atoms with Crippen molar-refractivity contribution in [3.8, 4) is 0 Å². The number of amides is 1. The number of morpholine rings is 1. The predicted molar refractivity (Wildman–Crippen MR) is 79.4 cm³/mol. The molecule has 2 rings (SSSR count). The van der Waals surface area contributed by atoms with Crippen molar-refractivity contribution < 1.29 is 9.53 Å². The predicted octanol–water partition coefficient (Wildman–Crippen LogP) is 0.681. The largest absolute Gasteiger partial charge is 0.372 e. The molecule has 4 atom stereocenters. The first-order valence-electron chi connectivity index (χ1n) is 7.90. The maximum atomic E-state index is 12.4. The van der Waals surface area contributed by atoms with Gasteiger partial charge in [0.1, 0.15) is 0 Å². The van der Waals surface area contributed by atoms with Gasteiger partial charge in [-0.15, -0.1) is 0 Å². The van der Waals surface area contributed by atoms with E-state index in [0.29, 0.717) is 31.6 Å². The van der Waals surface area contributed by atoms with Crippen LogP contribution >= 0.6 is 0 Å². The van der Waals surface area contributed by atoms with Crippen LogP contribution in [0.2, 0.25) is 0 Å². The zero-order valence-electron chi connectivity index (χ0n) is 13.0. The third-order valence-electron chi connectivity index (χ3n) is 4.53. The Labute approximate surface area is 122 Å². The molecular formula is C15H29N3O2. The van der Waals surface area contributed by atoms with Crippen LogP contribution in [-0.2, 0) is 9.53 Å². The Morgan fingerprint density at radius 1 is 1.25 bits per heavy atom. The van der Waals surface area contributed by atoms with Crippen LogP contribution in [0.15, 0.2) is 0 Å². The first kappa shape index (κ1) is 15.7. The molecule has 1 amide bonds. The standard InChI is InChI=1S/C15H29N3O2/c1-4-13-9-17(6-5-14(13)16)10-15(19)18-7-11(2)20-12(3)8-18/h11-14H,4-10,16H2,1-3H3. The molecule has 5 nitrogen and oxygen atoms in total. The van der Waals surface area contributed by atoms with Crippen molar-refractivity contribution in [2.24, 2.45) is 11.7 Å². The summed E-state index contributed by atoms with van der Waals surface area (Å²) in [5.41, 5.74) is 6.12. The lowest BCUT2D eigenvalue weighted by Crippen LogP contribution is -2.53. The summed E-state index contributed by atoms with van der Waals surface area (Å²) in [5, 5.41) is 0. The second kappa shape index (κ2) is 6.87. The van der Waals surface area contributed by atoms with Crippen LogP contribution in [0.5, 0.6) is 0 Å². The van der Waals surface area contributed by atoms with Gasteiger partial charge in [0.25, 0.3) is 0 Å². The maximum Gasteiger partial charge on any atom is 0.236 e. The Morgan fingerprint density at radius 3 is 2.50 bits per heavy atom. The molecule has 0 aromatic rings. The number of piperidine rings is 1. The van der Waals surface area contributed by atoms with E-state index in [1.807, 2.05) is 18.7 Å². The van der Waals surface area contributed by atoms with E-state index in [2.05, 4.69) is 11.8 Å². The fourth-order valence-electron chi connectivity index (χ4n) is 3.37. The number of ether oxygens (including phenoxy) is 1. The Bertz CT molecular complexity index is 327. The molecule has 116 valence electrons. The quantitative estimate of drug-likeness (QED) is 0.827. The average Bonchev–Trinajstić information content (AvgIpc) is 2.39. The molecule has 2 fully saturated rings. The Kier molecular flexibility index (Phi) is 5.41. The van der Waals surface area contributed by atoms with Gasteiger partial charge in [0.2, 0.25) is 5.91 Å². The van der Waals surface area contributed by atoms with Crippen LogP contribution in [0.1, 0.15) is 33.6 Å². The molecule has 5 heteroatoms. The number of likely N-dealkylation sites (tertiary alicyclic amines) is 1. The van der Waals surface area contributed by atoms with Gasteiger partial charge in [-0.1, -0.05) is 13.3 Å². The Balaban J connectivity index is 1.85. The normalized spacial score (nSPS) is 36.1. The van der Waals surface area contributed by atoms with Gasteiger partial charge in [-0.2, -0.15) is 0 Å². The van der Waals surface area contributed by atoms with E-state index in [4.69, 9.17) is 10.5 Å². The maximum absolute atomic E-state index is 12.4. The summed E-state index contributed by atoms with van der Waals surface area (Å²) in [7, 11) is 0. The van der Waals surface area contributed by atoms with Crippen LogP contribution in [0.4, 0.5) is 0 Å². The van der Waals surface area contributed by atoms with Gasteiger partial charge in [0, 0.05) is 32.2 Å². The minimum atomic E-state index is 0.140. The summed E-state index contributed by atoms with van der Waals surface area (Å²) in [4.78, 5) is 16.7. The van der Waals surface area contributed by atoms with Gasteiger partial charge in [-0.3, -0.25) is 9.69 Å². The third-order valence-corrected chi connectivity index (χ3v) is 4.53. The van der Waals surface area contributed by atoms with Crippen molar-refractivity contribution in [2.75, 3.05) is 32.7 Å². The molecule has 2 heterocycles. The van der Waals surface area contributed by atoms with Crippen LogP contribution in [0.25, 0.3) is 0 Å². The molecule has 0 spiro atoms. The first-order chi connectivity index (χ1) is 9.49. The number of rotatable bonds is 3. The highest BCUT2D eigenvalue weighted by Crippen LogP contribution is 2.19. The number of nitrogens with two attached hydrogens (primary N) is 1. The lowest BCUT2D eigenvalue weighted by atomic mass is 9.91. The van der Waals surface area contributed by atoms with E-state index < -0.39 is 0 Å². The molecule has 0 aliphatic carbocycles. The summed E-state index contributed by atoms with van der Waals surface area (Å²) in [6.45, 7) is 10.1. The number of carbonyl (C=O) groups excluding carboxylic acids is 1. The molecule has 2 aliphatic heterocycles. The molecular weight excluding hydrogens is 254 g/mol. The zero-order valence-corrected chi connectivity index (χ0v) is 13.0. The van der Waals surface area contributed by atoms with Crippen molar-refractivity contribution in [3.63, 3.8) is 0 Å². The Morgan fingerprint density at radius 2 is 1.90 bits per heavy atom. The fraction of sp³-hybridized carbons (Fsp3) is 0.933. The van der Waals surface area contributed by atoms with Crippen LogP contribution in [0, 0.1) is 5.92 Å². The lowest BCUT2D eigenvalue weighted by Gasteiger charge is -2.39. The lowest BCUT2D eigenvalue weighted by molar-refractivity contribution is -0.144. The topological polar surface area (TPSA) is 58.8 Å². The molecule has 2 saturated heterocycles. The summed E-state index contributed by atoms with van der Waals surface area (Å²) in [6, 6.07) is 0.301. The highest BCUT2D eigenvalue weighted by atomic mass is 16.5. The second-order valence-electron chi connectivity index (χ2n) is 6.41. The molecule has 0 saturated carbocycles. The van der Waals surface area contributed by atoms with Gasteiger partial charge < -0.3 is 15.4 Å². The number of hydrogen-bond acceptors (Lipinski definition) is 4. The molecule has 2 aliphatic rings. The van der Waals surface area contributed by atoms with Gasteiger partial charge in [-0.05, 0) is 26.2 Å². The number of nitrogens with zero attached hydrogens (tertiary/aromatic N) is 2. The summed E-state index contributed by atoms with van der Waals surface area (Å²) in [6.07, 6.45) is 2.38. The summed E-state index contributed by atoms with van der Waals surface area (Å²) < 4.78 is 5.68. The highest BCUT2D eigenvalue weighted by Gasteiger charge is 2.30. The summed E-state index contributed by atoms with van der Waals surface area (Å²) in [5.74, 6) is 0.761. The van der Waals surface area contributed by atoms with E-state index in [1.165, 1.54) is 0 Å². The van der Waals surface area contributed by atoms with Gasteiger partial charge in [0.05, 0.1) is 18.8 Å². The SMILES string of the molecule is CCC1CN(CC(=O)N2CC(C)OC(C)C2)CCC1N. The van der Waals surface area contributed by atoms with Crippen molar-refractivity contribution >= 4 is 5.91 Å². The monoisotopic (exact) mass is 283 g/mol. The van der Waals surface area contributed by atoms with Gasteiger partial charge in [-0.25, -0.2) is 0 Å². The first-order valence-corrected chi connectivity index (χ1v) is 7.90. The molecule has 0 aromatic heterocycles. The van der Waals surface area contributed by atoms with E-state index in [9.17, 15) is 4.79 Å². The zero-order chi connectivity index (χ0) is 14.7. The van der Waals surface area contributed by atoms with E-state index in [0.717, 1.165) is 25.9 Å².